The first-order valence-corrected chi connectivity index (χ1v) is 6.10. The molecule has 2 aromatic heterocycles. The molecular weight excluding hydrogens is 296 g/mol. The second kappa shape index (κ2) is 4.69. The Hall–Kier alpha value is -3.16. The summed E-state index contributed by atoms with van der Waals surface area (Å²) in [5.74, 6) is -1.43. The van der Waals surface area contributed by atoms with Crippen LogP contribution < -0.4 is 10.4 Å². The summed E-state index contributed by atoms with van der Waals surface area (Å²) in [6.07, 6.45) is -1.13. The van der Waals surface area contributed by atoms with Crippen molar-refractivity contribution in [3.63, 3.8) is 0 Å². The van der Waals surface area contributed by atoms with Crippen LogP contribution in [0.2, 0.25) is 0 Å². The molecule has 2 heterocycles. The lowest BCUT2D eigenvalue weighted by Crippen LogP contribution is -2.08. The standard InChI is InChI=1S/C14H10O8/c1-5-3-7-10(13(17)20-5)9-8(21-7)4-6(15)11(16)12(9)22-14(18)19-2/h3-4,15-16H,1-2H3. The number of benzene rings is 1. The van der Waals surface area contributed by atoms with E-state index in [1.807, 2.05) is 0 Å². The van der Waals surface area contributed by atoms with Crippen LogP contribution in [0.3, 0.4) is 0 Å². The fourth-order valence-corrected chi connectivity index (χ4v) is 2.16. The van der Waals surface area contributed by atoms with Crippen molar-refractivity contribution < 1.29 is 33.3 Å². The van der Waals surface area contributed by atoms with Crippen LogP contribution in [0.15, 0.2) is 25.8 Å². The molecule has 0 saturated heterocycles. The number of fused-ring (bicyclic) bond motifs is 3. The Labute approximate surface area is 122 Å². The summed E-state index contributed by atoms with van der Waals surface area (Å²) in [4.78, 5) is 23.4. The van der Waals surface area contributed by atoms with E-state index in [-0.39, 0.29) is 21.9 Å². The van der Waals surface area contributed by atoms with Crippen molar-refractivity contribution in [3.05, 3.63) is 28.3 Å². The fourth-order valence-electron chi connectivity index (χ4n) is 2.16. The first-order chi connectivity index (χ1) is 10.4. The molecule has 3 aromatic rings. The molecule has 0 fully saturated rings. The molecule has 0 aliphatic heterocycles. The molecule has 8 nitrogen and oxygen atoms in total. The largest absolute Gasteiger partial charge is 0.513 e. The summed E-state index contributed by atoms with van der Waals surface area (Å²) in [6, 6.07) is 2.57. The Morgan fingerprint density at radius 3 is 2.50 bits per heavy atom. The predicted octanol–water partition coefficient (Wildman–Crippen LogP) is 2.40. The highest BCUT2D eigenvalue weighted by Crippen LogP contribution is 2.45. The van der Waals surface area contributed by atoms with Crippen molar-refractivity contribution in [2.45, 2.75) is 6.92 Å². The van der Waals surface area contributed by atoms with Crippen LogP contribution in [0.1, 0.15) is 5.76 Å². The third-order valence-corrected chi connectivity index (χ3v) is 3.06. The summed E-state index contributed by atoms with van der Waals surface area (Å²) in [5.41, 5.74) is -0.515. The molecule has 3 rings (SSSR count). The van der Waals surface area contributed by atoms with Crippen LogP contribution in [-0.2, 0) is 4.74 Å². The second-order valence-electron chi connectivity index (χ2n) is 4.49. The summed E-state index contributed by atoms with van der Waals surface area (Å²) in [5, 5.41) is 19.6. The first kappa shape index (κ1) is 13.8. The van der Waals surface area contributed by atoms with Gasteiger partial charge in [-0.25, -0.2) is 9.59 Å². The normalized spacial score (nSPS) is 11.0. The Bertz CT molecular complexity index is 963. The van der Waals surface area contributed by atoms with E-state index in [0.29, 0.717) is 5.76 Å². The highest BCUT2D eigenvalue weighted by Gasteiger charge is 2.24. The number of carbonyl (C=O) groups is 1. The number of hydrogen-bond donors (Lipinski definition) is 2. The maximum atomic E-state index is 12.0. The van der Waals surface area contributed by atoms with Gasteiger partial charge in [-0.3, -0.25) is 0 Å². The minimum atomic E-state index is -1.13. The van der Waals surface area contributed by atoms with E-state index >= 15 is 0 Å². The van der Waals surface area contributed by atoms with Gasteiger partial charge in [-0.05, 0) is 6.92 Å². The van der Waals surface area contributed by atoms with E-state index in [0.717, 1.165) is 13.2 Å². The van der Waals surface area contributed by atoms with E-state index in [1.54, 1.807) is 6.92 Å². The second-order valence-corrected chi connectivity index (χ2v) is 4.49. The van der Waals surface area contributed by atoms with Crippen molar-refractivity contribution in [2.24, 2.45) is 0 Å². The molecule has 0 radical (unpaired) electrons. The Balaban J connectivity index is 2.48. The van der Waals surface area contributed by atoms with Crippen molar-refractivity contribution in [1.82, 2.24) is 0 Å². The Morgan fingerprint density at radius 1 is 1.14 bits per heavy atom. The van der Waals surface area contributed by atoms with E-state index in [9.17, 15) is 19.8 Å². The smallest absolute Gasteiger partial charge is 0.504 e. The van der Waals surface area contributed by atoms with E-state index < -0.39 is 29.0 Å². The molecule has 1 aromatic carbocycles. The van der Waals surface area contributed by atoms with Gasteiger partial charge < -0.3 is 28.5 Å². The average molecular weight is 306 g/mol. The number of furan rings is 1. The molecule has 0 bridgehead atoms. The summed E-state index contributed by atoms with van der Waals surface area (Å²) < 4.78 is 19.6. The maximum absolute atomic E-state index is 12.0. The number of methoxy groups -OCH3 is 1. The number of rotatable bonds is 1. The van der Waals surface area contributed by atoms with Crippen LogP contribution in [0, 0.1) is 6.92 Å². The quantitative estimate of drug-likeness (QED) is 0.399. The lowest BCUT2D eigenvalue weighted by molar-refractivity contribution is 0.120. The van der Waals surface area contributed by atoms with Crippen LogP contribution in [0.25, 0.3) is 21.9 Å². The lowest BCUT2D eigenvalue weighted by atomic mass is 10.1. The van der Waals surface area contributed by atoms with Crippen LogP contribution in [0.4, 0.5) is 4.79 Å². The van der Waals surface area contributed by atoms with Gasteiger partial charge in [0.05, 0.1) is 12.5 Å². The topological polar surface area (TPSA) is 119 Å². The molecule has 8 heteroatoms. The highest BCUT2D eigenvalue weighted by atomic mass is 16.7. The zero-order valence-corrected chi connectivity index (χ0v) is 11.5. The third kappa shape index (κ3) is 1.93. The molecule has 0 aliphatic carbocycles. The van der Waals surface area contributed by atoms with Crippen LogP contribution in [0.5, 0.6) is 17.2 Å². The van der Waals surface area contributed by atoms with E-state index in [4.69, 9.17) is 13.6 Å². The number of aromatic hydroxyl groups is 2. The average Bonchev–Trinajstić information content (AvgIpc) is 2.81. The number of phenolic OH excluding ortho intramolecular Hbond substituents is 2. The first-order valence-electron chi connectivity index (χ1n) is 6.10. The molecule has 0 unspecified atom stereocenters. The zero-order chi connectivity index (χ0) is 16.0. The minimum Gasteiger partial charge on any atom is -0.504 e. The Kier molecular flexibility index (Phi) is 2.94. The molecule has 22 heavy (non-hydrogen) atoms. The zero-order valence-electron chi connectivity index (χ0n) is 11.5. The molecule has 0 atom stereocenters. The van der Waals surface area contributed by atoms with E-state index in [2.05, 4.69) is 4.74 Å². The molecule has 0 aliphatic rings. The van der Waals surface area contributed by atoms with Crippen molar-refractivity contribution in [1.29, 1.82) is 0 Å². The molecule has 2 N–H and O–H groups in total. The van der Waals surface area contributed by atoms with Gasteiger partial charge in [0.2, 0.25) is 5.75 Å². The SMILES string of the molecule is COC(=O)Oc1c(O)c(O)cc2oc3cc(C)oc(=O)c3c12. The summed E-state index contributed by atoms with van der Waals surface area (Å²) >= 11 is 0. The predicted molar refractivity (Wildman–Crippen MR) is 73.4 cm³/mol. The van der Waals surface area contributed by atoms with Gasteiger partial charge in [0.15, 0.2) is 11.5 Å². The minimum absolute atomic E-state index is 0.00412. The van der Waals surface area contributed by atoms with Gasteiger partial charge in [-0.15, -0.1) is 0 Å². The van der Waals surface area contributed by atoms with E-state index in [1.165, 1.54) is 6.07 Å². The number of carbonyl (C=O) groups excluding carboxylic acids is 1. The molecule has 0 saturated carbocycles. The summed E-state index contributed by atoms with van der Waals surface area (Å²) in [7, 11) is 1.07. The molecular formula is C14H10O8. The monoisotopic (exact) mass is 306 g/mol. The lowest BCUT2D eigenvalue weighted by Gasteiger charge is -2.07. The molecule has 114 valence electrons. The van der Waals surface area contributed by atoms with Gasteiger partial charge in [-0.1, -0.05) is 0 Å². The Morgan fingerprint density at radius 2 is 1.82 bits per heavy atom. The van der Waals surface area contributed by atoms with Gasteiger partial charge in [0, 0.05) is 12.1 Å². The van der Waals surface area contributed by atoms with Gasteiger partial charge in [-0.2, -0.15) is 0 Å². The summed E-state index contributed by atoms with van der Waals surface area (Å²) in [6.45, 7) is 1.56. The number of ether oxygens (including phenoxy) is 2. The van der Waals surface area contributed by atoms with Gasteiger partial charge >= 0.3 is 11.8 Å². The van der Waals surface area contributed by atoms with Crippen molar-refractivity contribution in [2.75, 3.05) is 7.11 Å². The van der Waals surface area contributed by atoms with Gasteiger partial charge in [0.25, 0.3) is 0 Å². The number of phenols is 2. The van der Waals surface area contributed by atoms with Gasteiger partial charge in [0.1, 0.15) is 22.3 Å². The third-order valence-electron chi connectivity index (χ3n) is 3.06. The van der Waals surface area contributed by atoms with Crippen molar-refractivity contribution >= 4 is 28.1 Å². The van der Waals surface area contributed by atoms with Crippen LogP contribution in [-0.4, -0.2) is 23.5 Å². The highest BCUT2D eigenvalue weighted by molar-refractivity contribution is 6.10. The molecule has 0 amide bonds. The fraction of sp³-hybridized carbons (Fsp3) is 0.143. The number of aryl methyl sites for hydroxylation is 1. The number of hydrogen-bond acceptors (Lipinski definition) is 8. The molecule has 0 spiro atoms. The maximum Gasteiger partial charge on any atom is 0.513 e. The van der Waals surface area contributed by atoms with Crippen molar-refractivity contribution in [3.8, 4) is 17.2 Å². The van der Waals surface area contributed by atoms with Crippen LogP contribution >= 0.6 is 0 Å².